The number of hydrogen-bond acceptors (Lipinski definition) is 8. The lowest BCUT2D eigenvalue weighted by Gasteiger charge is -2.17. The van der Waals surface area contributed by atoms with Crippen molar-refractivity contribution in [1.29, 1.82) is 0 Å². The predicted octanol–water partition coefficient (Wildman–Crippen LogP) is 2.22. The molecular weight excluding hydrogens is 452 g/mol. The molecule has 0 aromatic carbocycles. The van der Waals surface area contributed by atoms with E-state index in [-0.39, 0.29) is 37.3 Å². The van der Waals surface area contributed by atoms with Gasteiger partial charge < -0.3 is 25.8 Å². The third kappa shape index (κ3) is 13.0. The van der Waals surface area contributed by atoms with Crippen LogP contribution in [0, 0.1) is 0 Å². The number of carbonyl (C=O) groups is 4. The third-order valence-corrected chi connectivity index (χ3v) is 4.45. The van der Waals surface area contributed by atoms with E-state index in [0.29, 0.717) is 12.1 Å². The second-order valence-corrected chi connectivity index (χ2v) is 7.29. The van der Waals surface area contributed by atoms with E-state index < -0.39 is 36.3 Å². The van der Waals surface area contributed by atoms with Gasteiger partial charge in [-0.2, -0.15) is 0 Å². The average molecular weight is 491 g/mol. The minimum Gasteiger partial charge on any atom is -0.466 e. The summed E-state index contributed by atoms with van der Waals surface area (Å²) >= 11 is 0. The molecule has 0 radical (unpaired) electrons. The maximum Gasteiger partial charge on any atom is 0.328 e. The Hall–Kier alpha value is -3.69. The predicted molar refractivity (Wildman–Crippen MR) is 135 cm³/mol. The molecule has 1 unspecified atom stereocenters. The lowest BCUT2D eigenvalue weighted by atomic mass is 10.1. The molecule has 0 aliphatic carbocycles. The molecule has 0 saturated carbocycles. The molecule has 0 spiro atoms. The molecule has 2 amide bonds. The first kappa shape index (κ1) is 31.3. The van der Waals surface area contributed by atoms with Crippen LogP contribution in [0.4, 0.5) is 0 Å². The minimum absolute atomic E-state index is 0.00259. The monoisotopic (exact) mass is 490 g/mol. The van der Waals surface area contributed by atoms with E-state index in [1.807, 2.05) is 6.92 Å². The summed E-state index contributed by atoms with van der Waals surface area (Å²) < 4.78 is 9.81. The third-order valence-electron chi connectivity index (χ3n) is 4.45. The Morgan fingerprint density at radius 1 is 1.06 bits per heavy atom. The molecule has 35 heavy (non-hydrogen) atoms. The fraction of sp³-hybridized carbons (Fsp3) is 0.480. The van der Waals surface area contributed by atoms with Crippen LogP contribution in [0.2, 0.25) is 0 Å². The first-order chi connectivity index (χ1) is 16.6. The maximum absolute atomic E-state index is 12.8. The van der Waals surface area contributed by atoms with E-state index in [9.17, 15) is 19.2 Å². The maximum atomic E-state index is 12.8. The van der Waals surface area contributed by atoms with Crippen molar-refractivity contribution in [3.8, 4) is 0 Å². The first-order valence-electron chi connectivity index (χ1n) is 11.5. The van der Waals surface area contributed by atoms with Crippen molar-refractivity contribution in [2.45, 2.75) is 59.9 Å². The topological polar surface area (TPSA) is 149 Å². The van der Waals surface area contributed by atoms with Crippen LogP contribution in [-0.2, 0) is 28.7 Å². The first-order valence-corrected chi connectivity index (χ1v) is 11.5. The molecule has 194 valence electrons. The zero-order valence-electron chi connectivity index (χ0n) is 21.3. The van der Waals surface area contributed by atoms with Crippen LogP contribution in [0.5, 0.6) is 0 Å². The van der Waals surface area contributed by atoms with Gasteiger partial charge in [0.2, 0.25) is 5.91 Å². The molecule has 0 fully saturated rings. The second kappa shape index (κ2) is 17.7. The van der Waals surface area contributed by atoms with Gasteiger partial charge in [0.1, 0.15) is 6.04 Å². The molecule has 0 aliphatic rings. The fourth-order valence-corrected chi connectivity index (χ4v) is 2.86. The van der Waals surface area contributed by atoms with Crippen LogP contribution in [0.25, 0.3) is 0 Å². The number of amides is 2. The summed E-state index contributed by atoms with van der Waals surface area (Å²) in [6, 6.07) is -1.06. The van der Waals surface area contributed by atoms with E-state index in [1.54, 1.807) is 52.0 Å². The number of hydrogen-bond donors (Lipinski definition) is 3. The molecule has 4 N–H and O–H groups in total. The van der Waals surface area contributed by atoms with Crippen LogP contribution in [-0.4, -0.2) is 55.3 Å². The SMILES string of the molecule is C=C\C=C/C=C(CC)/N=C(C)/C(C(=O)NCC(=O)NC(CCC(=O)OCC)C(=O)OCC)=C(/C)N. The summed E-state index contributed by atoms with van der Waals surface area (Å²) in [6.07, 6.45) is 7.53. The van der Waals surface area contributed by atoms with Gasteiger partial charge in [-0.25, -0.2) is 4.79 Å². The summed E-state index contributed by atoms with van der Waals surface area (Å²) in [7, 11) is 0. The van der Waals surface area contributed by atoms with Gasteiger partial charge in [-0.05, 0) is 46.6 Å². The number of nitrogens with two attached hydrogens (primary N) is 1. The van der Waals surface area contributed by atoms with E-state index in [2.05, 4.69) is 22.2 Å². The van der Waals surface area contributed by atoms with Crippen molar-refractivity contribution in [2.24, 2.45) is 10.7 Å². The van der Waals surface area contributed by atoms with Crippen LogP contribution in [0.3, 0.4) is 0 Å². The number of allylic oxidation sites excluding steroid dienone is 6. The number of carbonyl (C=O) groups excluding carboxylic acids is 4. The van der Waals surface area contributed by atoms with Crippen molar-refractivity contribution in [1.82, 2.24) is 10.6 Å². The smallest absolute Gasteiger partial charge is 0.328 e. The highest BCUT2D eigenvalue weighted by Crippen LogP contribution is 2.10. The minimum atomic E-state index is -1.06. The van der Waals surface area contributed by atoms with Gasteiger partial charge in [0.15, 0.2) is 0 Å². The Labute approximate surface area is 207 Å². The summed E-state index contributed by atoms with van der Waals surface area (Å²) in [5.41, 5.74) is 7.42. The van der Waals surface area contributed by atoms with Gasteiger partial charge in [0.05, 0.1) is 31.0 Å². The van der Waals surface area contributed by atoms with Gasteiger partial charge >= 0.3 is 11.9 Å². The van der Waals surface area contributed by atoms with Gasteiger partial charge in [0.25, 0.3) is 5.91 Å². The van der Waals surface area contributed by atoms with Crippen molar-refractivity contribution in [3.05, 3.63) is 47.9 Å². The Kier molecular flexibility index (Phi) is 15.9. The molecule has 1 atom stereocenters. The lowest BCUT2D eigenvalue weighted by molar-refractivity contribution is -0.148. The number of nitrogens with one attached hydrogen (secondary N) is 2. The molecule has 0 heterocycles. The Morgan fingerprint density at radius 3 is 2.26 bits per heavy atom. The van der Waals surface area contributed by atoms with E-state index in [4.69, 9.17) is 15.2 Å². The van der Waals surface area contributed by atoms with Crippen molar-refractivity contribution >= 4 is 29.5 Å². The van der Waals surface area contributed by atoms with Crippen LogP contribution >= 0.6 is 0 Å². The molecule has 0 aromatic rings. The van der Waals surface area contributed by atoms with Gasteiger partial charge in [-0.3, -0.25) is 19.4 Å². The van der Waals surface area contributed by atoms with Crippen LogP contribution in [0.1, 0.15) is 53.9 Å². The standard InChI is InChI=1S/C25H38N4O6/c1-7-11-12-13-19(8-2)28-18(6)23(17(5)26)24(32)27-16-21(30)29-20(25(33)35-10-4)14-15-22(31)34-9-3/h7,11-13,20H,1,8-10,14-16,26H2,2-6H3,(H,27,32)(H,29,30)/b12-11-,19-13+,23-17+,28-18+. The lowest BCUT2D eigenvalue weighted by Crippen LogP contribution is -2.47. The van der Waals surface area contributed by atoms with Gasteiger partial charge in [-0.1, -0.05) is 31.7 Å². The van der Waals surface area contributed by atoms with E-state index >= 15 is 0 Å². The number of aliphatic imine (C=N–C) groups is 1. The molecule has 0 aromatic heterocycles. The highest BCUT2D eigenvalue weighted by Gasteiger charge is 2.24. The quantitative estimate of drug-likeness (QED) is 0.138. The van der Waals surface area contributed by atoms with E-state index in [0.717, 1.165) is 5.70 Å². The second-order valence-electron chi connectivity index (χ2n) is 7.29. The molecule has 0 saturated heterocycles. The van der Waals surface area contributed by atoms with Crippen LogP contribution in [0.15, 0.2) is 52.8 Å². The highest BCUT2D eigenvalue weighted by atomic mass is 16.5. The molecule has 10 nitrogen and oxygen atoms in total. The molecule has 0 rings (SSSR count). The zero-order chi connectivity index (χ0) is 26.8. The van der Waals surface area contributed by atoms with Crippen molar-refractivity contribution < 1.29 is 28.7 Å². The Morgan fingerprint density at radius 2 is 1.71 bits per heavy atom. The van der Waals surface area contributed by atoms with Crippen molar-refractivity contribution in [2.75, 3.05) is 19.8 Å². The van der Waals surface area contributed by atoms with Crippen LogP contribution < -0.4 is 16.4 Å². The number of esters is 2. The summed E-state index contributed by atoms with van der Waals surface area (Å²) in [5, 5.41) is 4.97. The molecule has 0 bridgehead atoms. The van der Waals surface area contributed by atoms with Crippen molar-refractivity contribution in [3.63, 3.8) is 0 Å². The highest BCUT2D eigenvalue weighted by molar-refractivity contribution is 6.21. The number of nitrogens with zero attached hydrogens (tertiary/aromatic N) is 1. The Bertz CT molecular complexity index is 882. The van der Waals surface area contributed by atoms with E-state index in [1.165, 1.54) is 0 Å². The normalized spacial score (nSPS) is 13.5. The number of ether oxygens (including phenoxy) is 2. The zero-order valence-corrected chi connectivity index (χ0v) is 21.3. The molecule has 0 aliphatic heterocycles. The average Bonchev–Trinajstić information content (AvgIpc) is 2.79. The Balaban J connectivity index is 5.31. The molecule has 10 heteroatoms. The summed E-state index contributed by atoms with van der Waals surface area (Å²) in [6.45, 7) is 11.9. The van der Waals surface area contributed by atoms with Gasteiger partial charge in [0, 0.05) is 17.8 Å². The fourth-order valence-electron chi connectivity index (χ4n) is 2.86. The summed E-state index contributed by atoms with van der Waals surface area (Å²) in [5.74, 6) is -2.39. The molecular formula is C25H38N4O6. The summed E-state index contributed by atoms with van der Waals surface area (Å²) in [4.78, 5) is 53.4. The number of rotatable bonds is 15. The van der Waals surface area contributed by atoms with Gasteiger partial charge in [-0.15, -0.1) is 0 Å². The largest absolute Gasteiger partial charge is 0.466 e.